The van der Waals surface area contributed by atoms with Crippen molar-refractivity contribution in [3.05, 3.63) is 46.4 Å². The summed E-state index contributed by atoms with van der Waals surface area (Å²) >= 11 is 9.27. The van der Waals surface area contributed by atoms with Crippen LogP contribution in [0.1, 0.15) is 25.3 Å². The monoisotopic (exact) mass is 393 g/mol. The highest BCUT2D eigenvalue weighted by Gasteiger charge is 2.17. The zero-order chi connectivity index (χ0) is 16.8. The third-order valence-electron chi connectivity index (χ3n) is 3.72. The van der Waals surface area contributed by atoms with Crippen molar-refractivity contribution >= 4 is 49.9 Å². The topological polar surface area (TPSA) is 29.5 Å². The van der Waals surface area contributed by atoms with Gasteiger partial charge < -0.3 is 9.64 Å². The number of hydrogen-bond donors (Lipinski definition) is 0. The Balaban J connectivity index is 2.39. The highest BCUT2D eigenvalue weighted by molar-refractivity contribution is 9.10. The highest BCUT2D eigenvalue weighted by Crippen LogP contribution is 2.27. The van der Waals surface area contributed by atoms with Crippen molar-refractivity contribution in [3.63, 3.8) is 0 Å². The lowest BCUT2D eigenvalue weighted by Crippen LogP contribution is -2.36. The molecule has 0 unspecified atom stereocenters. The highest BCUT2D eigenvalue weighted by atomic mass is 79.9. The summed E-state index contributed by atoms with van der Waals surface area (Å²) in [7, 11) is 1.40. The van der Waals surface area contributed by atoms with Crippen LogP contribution in [0.25, 0.3) is 10.8 Å². The fraction of sp³-hybridized carbons (Fsp3) is 0.333. The molecule has 0 spiro atoms. The number of methoxy groups -OCH3 is 1. The molecule has 3 nitrogen and oxygen atoms in total. The summed E-state index contributed by atoms with van der Waals surface area (Å²) in [4.78, 5) is 14.3. The van der Waals surface area contributed by atoms with Crippen LogP contribution in [0.5, 0.6) is 0 Å². The van der Waals surface area contributed by atoms with Crippen LogP contribution in [-0.2, 0) is 9.53 Å². The number of ether oxygens (including phenoxy) is 1. The van der Waals surface area contributed by atoms with Crippen LogP contribution in [0.2, 0.25) is 0 Å². The standard InChI is InChI=1S/C18H20BrNO2S/c1-3-4-11-20(12-17(21)22-2)18(23)15-9-5-8-14-13(15)7-6-10-16(14)19/h5-10H,3-4,11-12H2,1-2H3. The van der Waals surface area contributed by atoms with E-state index in [9.17, 15) is 4.79 Å². The molecule has 0 saturated heterocycles. The van der Waals surface area contributed by atoms with Gasteiger partial charge in [0.1, 0.15) is 11.5 Å². The molecule has 0 aliphatic heterocycles. The summed E-state index contributed by atoms with van der Waals surface area (Å²) < 4.78 is 5.84. The number of benzene rings is 2. The summed E-state index contributed by atoms with van der Waals surface area (Å²) in [5, 5.41) is 2.19. The SMILES string of the molecule is CCCCN(CC(=O)OC)C(=S)c1cccc2c(Br)cccc12. The summed E-state index contributed by atoms with van der Waals surface area (Å²) in [6.07, 6.45) is 2.02. The van der Waals surface area contributed by atoms with Crippen LogP contribution >= 0.6 is 28.1 Å². The molecule has 0 atom stereocenters. The van der Waals surface area contributed by atoms with Crippen LogP contribution in [0.4, 0.5) is 0 Å². The molecule has 0 radical (unpaired) electrons. The van der Waals surface area contributed by atoms with Gasteiger partial charge in [-0.1, -0.05) is 71.8 Å². The second kappa shape index (κ2) is 8.41. The van der Waals surface area contributed by atoms with Crippen molar-refractivity contribution in [2.75, 3.05) is 20.2 Å². The molecule has 0 aliphatic carbocycles. The molecule has 0 bridgehead atoms. The first-order valence-electron chi connectivity index (χ1n) is 7.61. The van der Waals surface area contributed by atoms with E-state index in [-0.39, 0.29) is 12.5 Å². The van der Waals surface area contributed by atoms with E-state index < -0.39 is 0 Å². The number of fused-ring (bicyclic) bond motifs is 1. The molecular formula is C18H20BrNO2S. The molecule has 0 N–H and O–H groups in total. The molecule has 23 heavy (non-hydrogen) atoms. The van der Waals surface area contributed by atoms with Crippen molar-refractivity contribution in [1.82, 2.24) is 4.90 Å². The van der Waals surface area contributed by atoms with E-state index in [2.05, 4.69) is 35.0 Å². The fourth-order valence-electron chi connectivity index (χ4n) is 2.45. The number of thiocarbonyl (C=S) groups is 1. The minimum Gasteiger partial charge on any atom is -0.468 e. The third-order valence-corrected chi connectivity index (χ3v) is 4.89. The number of carbonyl (C=O) groups excluding carboxylic acids is 1. The number of halogens is 1. The van der Waals surface area contributed by atoms with Crippen LogP contribution < -0.4 is 0 Å². The van der Waals surface area contributed by atoms with E-state index in [1.54, 1.807) is 0 Å². The lowest BCUT2D eigenvalue weighted by Gasteiger charge is -2.25. The first-order chi connectivity index (χ1) is 11.1. The average molecular weight is 394 g/mol. The molecule has 0 saturated carbocycles. The molecule has 0 fully saturated rings. The molecular weight excluding hydrogens is 374 g/mol. The van der Waals surface area contributed by atoms with Gasteiger partial charge in [0.15, 0.2) is 0 Å². The van der Waals surface area contributed by atoms with Crippen molar-refractivity contribution in [1.29, 1.82) is 0 Å². The molecule has 2 aromatic carbocycles. The summed E-state index contributed by atoms with van der Waals surface area (Å²) in [5.41, 5.74) is 0.971. The van der Waals surface area contributed by atoms with Gasteiger partial charge in [0.05, 0.1) is 7.11 Å². The Morgan fingerprint density at radius 3 is 2.61 bits per heavy atom. The summed E-state index contributed by atoms with van der Waals surface area (Å²) in [5.74, 6) is -0.273. The quantitative estimate of drug-likeness (QED) is 0.531. The summed E-state index contributed by atoms with van der Waals surface area (Å²) in [6, 6.07) is 12.1. The maximum absolute atomic E-state index is 11.7. The van der Waals surface area contributed by atoms with Gasteiger partial charge in [0.25, 0.3) is 0 Å². The lowest BCUT2D eigenvalue weighted by atomic mass is 10.0. The van der Waals surface area contributed by atoms with Gasteiger partial charge in [0, 0.05) is 16.6 Å². The minimum absolute atomic E-state index is 0.180. The Bertz CT molecular complexity index is 717. The van der Waals surface area contributed by atoms with E-state index in [0.717, 1.165) is 40.2 Å². The van der Waals surface area contributed by atoms with Gasteiger partial charge in [-0.25, -0.2) is 0 Å². The van der Waals surface area contributed by atoms with Crippen LogP contribution in [0, 0.1) is 0 Å². The Morgan fingerprint density at radius 2 is 1.91 bits per heavy atom. The van der Waals surface area contributed by atoms with Crippen LogP contribution in [-0.4, -0.2) is 36.1 Å². The number of carbonyl (C=O) groups is 1. The predicted octanol–water partition coefficient (Wildman–Crippen LogP) is 4.55. The van der Waals surface area contributed by atoms with E-state index in [0.29, 0.717) is 4.99 Å². The number of hydrogen-bond acceptors (Lipinski definition) is 3. The van der Waals surface area contributed by atoms with E-state index in [4.69, 9.17) is 17.0 Å². The van der Waals surface area contributed by atoms with Gasteiger partial charge in [-0.15, -0.1) is 0 Å². The van der Waals surface area contributed by atoms with Gasteiger partial charge in [-0.3, -0.25) is 4.79 Å². The first-order valence-corrected chi connectivity index (χ1v) is 8.82. The van der Waals surface area contributed by atoms with Gasteiger partial charge in [0.2, 0.25) is 0 Å². The Morgan fingerprint density at radius 1 is 1.22 bits per heavy atom. The van der Waals surface area contributed by atoms with Crippen LogP contribution in [0.3, 0.4) is 0 Å². The summed E-state index contributed by atoms with van der Waals surface area (Å²) in [6.45, 7) is 3.04. The van der Waals surface area contributed by atoms with Gasteiger partial charge in [-0.2, -0.15) is 0 Å². The molecule has 122 valence electrons. The first kappa shape index (κ1) is 17.9. The fourth-order valence-corrected chi connectivity index (χ4v) is 3.28. The molecule has 0 heterocycles. The van der Waals surface area contributed by atoms with Gasteiger partial charge >= 0.3 is 5.97 Å². The molecule has 0 amide bonds. The van der Waals surface area contributed by atoms with E-state index in [1.807, 2.05) is 29.2 Å². The van der Waals surface area contributed by atoms with E-state index >= 15 is 0 Å². The average Bonchev–Trinajstić information content (AvgIpc) is 2.57. The minimum atomic E-state index is -0.273. The van der Waals surface area contributed by atoms with Gasteiger partial charge in [-0.05, 0) is 23.3 Å². The molecule has 2 rings (SSSR count). The van der Waals surface area contributed by atoms with E-state index in [1.165, 1.54) is 7.11 Å². The van der Waals surface area contributed by atoms with Crippen LogP contribution in [0.15, 0.2) is 40.9 Å². The molecule has 5 heteroatoms. The third kappa shape index (κ3) is 4.30. The molecule has 0 aliphatic rings. The zero-order valence-electron chi connectivity index (χ0n) is 13.3. The lowest BCUT2D eigenvalue weighted by molar-refractivity contribution is -0.140. The number of rotatable bonds is 6. The second-order valence-electron chi connectivity index (χ2n) is 5.30. The molecule has 2 aromatic rings. The Hall–Kier alpha value is -1.46. The second-order valence-corrected chi connectivity index (χ2v) is 6.54. The van der Waals surface area contributed by atoms with Crippen molar-refractivity contribution in [2.45, 2.75) is 19.8 Å². The maximum Gasteiger partial charge on any atom is 0.325 e. The number of esters is 1. The predicted molar refractivity (Wildman–Crippen MR) is 102 cm³/mol. The normalized spacial score (nSPS) is 10.6. The zero-order valence-corrected chi connectivity index (χ0v) is 15.7. The molecule has 0 aromatic heterocycles. The number of unbranched alkanes of at least 4 members (excludes halogenated alkanes) is 1. The largest absolute Gasteiger partial charge is 0.468 e. The van der Waals surface area contributed by atoms with Crippen molar-refractivity contribution in [3.8, 4) is 0 Å². The van der Waals surface area contributed by atoms with Crippen molar-refractivity contribution in [2.24, 2.45) is 0 Å². The maximum atomic E-state index is 11.7. The Kier molecular flexibility index (Phi) is 6.54. The number of nitrogens with zero attached hydrogens (tertiary/aromatic N) is 1. The smallest absolute Gasteiger partial charge is 0.325 e. The Labute approximate surface area is 150 Å². The van der Waals surface area contributed by atoms with Crippen molar-refractivity contribution < 1.29 is 9.53 Å².